The van der Waals surface area contributed by atoms with Crippen LogP contribution in [0.5, 0.6) is 0 Å². The van der Waals surface area contributed by atoms with Gasteiger partial charge in [-0.05, 0) is 77.5 Å². The number of carbonyl (C=O) groups excluding carboxylic acids is 2. The molecule has 0 saturated heterocycles. The number of amides is 2. The van der Waals surface area contributed by atoms with Crippen LogP contribution in [0.15, 0.2) is 0 Å². The summed E-state index contributed by atoms with van der Waals surface area (Å²) in [4.78, 5) is 24.1. The van der Waals surface area contributed by atoms with E-state index in [1.807, 2.05) is 0 Å². The van der Waals surface area contributed by atoms with E-state index in [-0.39, 0.29) is 0 Å². The Morgan fingerprint density at radius 3 is 2.21 bits per heavy atom. The quantitative estimate of drug-likeness (QED) is 0.113. The monoisotopic (exact) mass is 432 g/mol. The van der Waals surface area contributed by atoms with Crippen LogP contribution in [0.1, 0.15) is 25.7 Å². The van der Waals surface area contributed by atoms with Gasteiger partial charge in [-0.15, -0.1) is 0 Å². The van der Waals surface area contributed by atoms with Crippen LogP contribution in [-0.2, 0) is 9.59 Å². The molecule has 0 unspecified atom stereocenters. The molecule has 0 saturated carbocycles. The van der Waals surface area contributed by atoms with Crippen LogP contribution in [0.4, 0.5) is 0 Å². The van der Waals surface area contributed by atoms with Gasteiger partial charge in [0.25, 0.3) is 0 Å². The summed E-state index contributed by atoms with van der Waals surface area (Å²) in [6.45, 7) is 8.03. The van der Waals surface area contributed by atoms with Crippen LogP contribution in [-0.4, -0.2) is 86.4 Å². The molecule has 9 N–H and O–H groups in total. The predicted octanol–water partition coefficient (Wildman–Crippen LogP) is -1.62. The van der Waals surface area contributed by atoms with E-state index in [1.165, 1.54) is 11.8 Å². The second-order valence-electron chi connectivity index (χ2n) is 6.67. The van der Waals surface area contributed by atoms with E-state index in [1.54, 1.807) is 6.42 Å². The number of thioether (sulfide) groups is 1. The molecule has 170 valence electrons. The van der Waals surface area contributed by atoms with E-state index in [2.05, 4.69) is 28.2 Å². The third kappa shape index (κ3) is 16.6. The molecule has 0 spiro atoms. The molecule has 9 nitrogen and oxygen atoms in total. The lowest BCUT2D eigenvalue weighted by Gasteiger charge is -2.19. The van der Waals surface area contributed by atoms with E-state index in [9.17, 15) is 14.7 Å². The average Bonchev–Trinajstić information content (AvgIpc) is 2.72. The van der Waals surface area contributed by atoms with E-state index in [0.29, 0.717) is 18.1 Å². The lowest BCUT2D eigenvalue weighted by atomic mass is 10.2. The number of carbonyl (C=O) groups is 2. The topological polar surface area (TPSA) is 155 Å². The molecule has 0 aromatic rings. The molecule has 29 heavy (non-hydrogen) atoms. The maximum Gasteiger partial charge on any atom is 0.244 e. The molecule has 0 aliphatic heterocycles. The lowest BCUT2D eigenvalue weighted by molar-refractivity contribution is -0.130. The van der Waals surface area contributed by atoms with Crippen molar-refractivity contribution >= 4 is 23.6 Å². The minimum atomic E-state index is -0.988. The van der Waals surface area contributed by atoms with Crippen LogP contribution < -0.4 is 32.7 Å². The Morgan fingerprint density at radius 2 is 1.62 bits per heavy atom. The molecule has 0 aromatic carbocycles. The van der Waals surface area contributed by atoms with Crippen LogP contribution in [0, 0.1) is 13.3 Å². The summed E-state index contributed by atoms with van der Waals surface area (Å²) >= 11 is 1.48. The van der Waals surface area contributed by atoms with Crippen molar-refractivity contribution in [2.75, 3.05) is 57.4 Å². The maximum absolute atomic E-state index is 12.1. The Labute approximate surface area is 179 Å². The summed E-state index contributed by atoms with van der Waals surface area (Å²) in [5, 5.41) is 21.3. The fraction of sp³-hybridized carbons (Fsp3) is 0.789. The second-order valence-corrected chi connectivity index (χ2v) is 7.75. The largest absolute Gasteiger partial charge is 0.394 e. The molecule has 2 amide bonds. The van der Waals surface area contributed by atoms with Crippen molar-refractivity contribution in [3.8, 4) is 0 Å². The Balaban J connectivity index is 3.73. The van der Waals surface area contributed by atoms with Crippen LogP contribution in [0.2, 0.25) is 0 Å². The highest BCUT2D eigenvalue weighted by Crippen LogP contribution is 2.03. The molecule has 0 fully saturated rings. The maximum atomic E-state index is 12.1. The van der Waals surface area contributed by atoms with E-state index in [4.69, 9.17) is 11.5 Å². The summed E-state index contributed by atoms with van der Waals surface area (Å²) in [7, 11) is 0. The van der Waals surface area contributed by atoms with Gasteiger partial charge in [0.1, 0.15) is 6.04 Å². The molecule has 0 rings (SSSR count). The van der Waals surface area contributed by atoms with Crippen molar-refractivity contribution in [2.24, 2.45) is 11.5 Å². The molecule has 2 atom stereocenters. The Morgan fingerprint density at radius 1 is 1.00 bits per heavy atom. The average molecular weight is 433 g/mol. The standard InChI is InChI=1S/C19H40N6O3S/c1-2-13-29-15-16(21)18(27)25-17(14-26)19(28)24-12-6-11-23-9-4-3-8-22-10-5-7-20/h2,16-17,22-23,26H,1,3-15,20-21H2,(H,24,28)(H,25,27)/t16-,17-/m0/s1. The zero-order valence-electron chi connectivity index (χ0n) is 17.5. The molecule has 0 bridgehead atoms. The first-order valence-electron chi connectivity index (χ1n) is 10.3. The molecule has 0 aliphatic rings. The third-order valence-corrected chi connectivity index (χ3v) is 5.10. The van der Waals surface area contributed by atoms with Crippen molar-refractivity contribution in [3.05, 3.63) is 13.3 Å². The van der Waals surface area contributed by atoms with Gasteiger partial charge in [0.2, 0.25) is 11.8 Å². The zero-order chi connectivity index (χ0) is 21.7. The van der Waals surface area contributed by atoms with Gasteiger partial charge in [0.05, 0.1) is 12.6 Å². The van der Waals surface area contributed by atoms with E-state index < -0.39 is 30.5 Å². The first kappa shape index (κ1) is 28.1. The van der Waals surface area contributed by atoms with Gasteiger partial charge in [-0.25, -0.2) is 0 Å². The first-order chi connectivity index (χ1) is 14.1. The van der Waals surface area contributed by atoms with Crippen LogP contribution in [0.25, 0.3) is 0 Å². The van der Waals surface area contributed by atoms with Crippen LogP contribution >= 0.6 is 11.8 Å². The number of rotatable bonds is 20. The van der Waals surface area contributed by atoms with Crippen molar-refractivity contribution in [2.45, 2.75) is 37.8 Å². The Bertz CT molecular complexity index is 417. The lowest BCUT2D eigenvalue weighted by Crippen LogP contribution is -2.54. The summed E-state index contributed by atoms with van der Waals surface area (Å²) in [6, 6.07) is -1.72. The SMILES string of the molecule is [CH2][CH]CSC[C@H](N)C(=O)N[C@@H](CO)C(=O)NCCCNCCCCNCCCN. The van der Waals surface area contributed by atoms with Crippen molar-refractivity contribution in [1.29, 1.82) is 0 Å². The fourth-order valence-electron chi connectivity index (χ4n) is 2.35. The molecule has 0 heterocycles. The first-order valence-corrected chi connectivity index (χ1v) is 11.5. The van der Waals surface area contributed by atoms with Gasteiger partial charge < -0.3 is 37.8 Å². The van der Waals surface area contributed by atoms with Gasteiger partial charge in [0, 0.05) is 12.3 Å². The summed E-state index contributed by atoms with van der Waals surface area (Å²) in [5.41, 5.74) is 11.2. The Hall–Kier alpha value is -0.910. The van der Waals surface area contributed by atoms with Crippen molar-refractivity contribution < 1.29 is 14.7 Å². The highest BCUT2D eigenvalue weighted by molar-refractivity contribution is 7.99. The van der Waals surface area contributed by atoms with Gasteiger partial charge in [-0.2, -0.15) is 11.8 Å². The Kier molecular flexibility index (Phi) is 19.7. The number of aliphatic hydroxyl groups excluding tert-OH is 1. The normalized spacial score (nSPS) is 13.1. The van der Waals surface area contributed by atoms with Crippen molar-refractivity contribution in [1.82, 2.24) is 21.3 Å². The number of nitrogens with one attached hydrogen (secondary N) is 4. The summed E-state index contributed by atoms with van der Waals surface area (Å²) in [6.07, 6.45) is 5.71. The smallest absolute Gasteiger partial charge is 0.244 e. The number of hydrogen-bond acceptors (Lipinski definition) is 8. The molecular weight excluding hydrogens is 392 g/mol. The fourth-order valence-corrected chi connectivity index (χ4v) is 3.06. The minimum absolute atomic E-state index is 0.407. The van der Waals surface area contributed by atoms with Crippen LogP contribution in [0.3, 0.4) is 0 Å². The third-order valence-electron chi connectivity index (χ3n) is 4.03. The number of nitrogens with two attached hydrogens (primary N) is 2. The van der Waals surface area contributed by atoms with E-state index >= 15 is 0 Å². The number of aliphatic hydroxyl groups is 1. The number of hydrogen-bond donors (Lipinski definition) is 7. The molecule has 2 radical (unpaired) electrons. The number of unbranched alkanes of at least 4 members (excludes halogenated alkanes) is 1. The minimum Gasteiger partial charge on any atom is -0.394 e. The zero-order valence-corrected chi connectivity index (χ0v) is 18.3. The summed E-state index contributed by atoms with van der Waals surface area (Å²) < 4.78 is 0. The highest BCUT2D eigenvalue weighted by Gasteiger charge is 2.22. The predicted molar refractivity (Wildman–Crippen MR) is 120 cm³/mol. The second kappa shape index (κ2) is 20.4. The van der Waals surface area contributed by atoms with Gasteiger partial charge in [-0.3, -0.25) is 9.59 Å². The van der Waals surface area contributed by atoms with E-state index in [0.717, 1.165) is 58.4 Å². The highest BCUT2D eigenvalue weighted by atomic mass is 32.2. The van der Waals surface area contributed by atoms with Crippen molar-refractivity contribution in [3.63, 3.8) is 0 Å². The molecule has 0 aliphatic carbocycles. The van der Waals surface area contributed by atoms with Gasteiger partial charge in [-0.1, -0.05) is 0 Å². The summed E-state index contributed by atoms with van der Waals surface area (Å²) in [5.74, 6) is 0.266. The molecular formula is C19H40N6O3S. The molecule has 0 aromatic heterocycles. The molecule has 10 heteroatoms. The van der Waals surface area contributed by atoms with Gasteiger partial charge in [0.15, 0.2) is 0 Å². The van der Waals surface area contributed by atoms with Gasteiger partial charge >= 0.3 is 0 Å².